The van der Waals surface area contributed by atoms with E-state index in [1.54, 1.807) is 0 Å². The molecule has 0 radical (unpaired) electrons. The fourth-order valence-electron chi connectivity index (χ4n) is 4.40. The number of benzene rings is 1. The summed E-state index contributed by atoms with van der Waals surface area (Å²) < 4.78 is 5.19. The van der Waals surface area contributed by atoms with Crippen molar-refractivity contribution in [1.29, 1.82) is 0 Å². The second-order valence-electron chi connectivity index (χ2n) is 6.96. The average molecular weight is 311 g/mol. The molecule has 1 heterocycles. The predicted octanol–water partition coefficient (Wildman–Crippen LogP) is 3.03. The minimum Gasteiger partial charge on any atom is -0.447 e. The van der Waals surface area contributed by atoms with Crippen LogP contribution in [0.15, 0.2) is 42.5 Å². The Hall–Kier alpha value is -2.10. The van der Waals surface area contributed by atoms with Crippen molar-refractivity contribution < 1.29 is 14.3 Å². The summed E-state index contributed by atoms with van der Waals surface area (Å²) in [7, 11) is 0. The summed E-state index contributed by atoms with van der Waals surface area (Å²) in [5.74, 6) is 0.961. The number of nitrogens with zero attached hydrogens (tertiary/aromatic N) is 1. The van der Waals surface area contributed by atoms with Crippen LogP contribution in [0.2, 0.25) is 0 Å². The van der Waals surface area contributed by atoms with Gasteiger partial charge in [0.05, 0.1) is 6.04 Å². The fraction of sp³-hybridized carbons (Fsp3) is 0.474. The number of ether oxygens (including phenoxy) is 1. The number of hydrogen-bond donors (Lipinski definition) is 0. The predicted molar refractivity (Wildman–Crippen MR) is 85.5 cm³/mol. The number of allylic oxidation sites excluding steroid dienone is 2. The molecule has 1 saturated carbocycles. The Morgan fingerprint density at radius 1 is 1.22 bits per heavy atom. The zero-order valence-electron chi connectivity index (χ0n) is 13.2. The van der Waals surface area contributed by atoms with Gasteiger partial charge in [0.15, 0.2) is 0 Å². The van der Waals surface area contributed by atoms with Gasteiger partial charge in [0.1, 0.15) is 6.61 Å². The standard InChI is InChI=1S/C19H21NO3/c1-12-14-7-8-15(10-14)17(12)18(21)20-16(11-23-19(20)22)9-13-5-3-2-4-6-13/h2-8,12,14-17H,9-11H2,1H3/t12-,14+,15-,16-,17+/m0/s1. The quantitative estimate of drug-likeness (QED) is 0.806. The van der Waals surface area contributed by atoms with Crippen molar-refractivity contribution >= 4 is 12.0 Å². The molecule has 2 aliphatic carbocycles. The van der Waals surface area contributed by atoms with Crippen LogP contribution in [-0.2, 0) is 16.0 Å². The van der Waals surface area contributed by atoms with Gasteiger partial charge in [-0.2, -0.15) is 0 Å². The highest BCUT2D eigenvalue weighted by atomic mass is 16.6. The Morgan fingerprint density at radius 3 is 2.65 bits per heavy atom. The van der Waals surface area contributed by atoms with Crippen molar-refractivity contribution in [2.24, 2.45) is 23.7 Å². The molecule has 4 heteroatoms. The van der Waals surface area contributed by atoms with Crippen LogP contribution in [0.5, 0.6) is 0 Å². The minimum atomic E-state index is -0.477. The summed E-state index contributed by atoms with van der Waals surface area (Å²) in [6, 6.07) is 9.77. The SMILES string of the molecule is C[C@@H]1[C@@H](C(=O)N2C(=O)OC[C@@H]2Cc2ccccc2)[C@H]2C=C[C@@H]1C2. The lowest BCUT2D eigenvalue weighted by Crippen LogP contribution is -2.46. The van der Waals surface area contributed by atoms with Crippen molar-refractivity contribution in [3.8, 4) is 0 Å². The third-order valence-electron chi connectivity index (χ3n) is 5.65. The molecule has 2 fully saturated rings. The van der Waals surface area contributed by atoms with Crippen LogP contribution in [0.1, 0.15) is 18.9 Å². The normalized spacial score (nSPS) is 34.9. The van der Waals surface area contributed by atoms with Crippen molar-refractivity contribution in [2.75, 3.05) is 6.61 Å². The van der Waals surface area contributed by atoms with E-state index in [1.807, 2.05) is 30.3 Å². The maximum atomic E-state index is 13.1. The van der Waals surface area contributed by atoms with Gasteiger partial charge in [-0.25, -0.2) is 9.69 Å². The van der Waals surface area contributed by atoms with E-state index < -0.39 is 6.09 Å². The number of carbonyl (C=O) groups is 2. The van der Waals surface area contributed by atoms with Crippen LogP contribution in [0, 0.1) is 23.7 Å². The van der Waals surface area contributed by atoms with Gasteiger partial charge in [-0.15, -0.1) is 0 Å². The summed E-state index contributed by atoms with van der Waals surface area (Å²) in [6.07, 6.45) is 5.60. The molecule has 120 valence electrons. The van der Waals surface area contributed by atoms with Crippen LogP contribution in [0.4, 0.5) is 4.79 Å². The molecular formula is C19H21NO3. The fourth-order valence-corrected chi connectivity index (χ4v) is 4.40. The molecule has 5 atom stereocenters. The smallest absolute Gasteiger partial charge is 0.416 e. The maximum absolute atomic E-state index is 13.1. The number of rotatable bonds is 3. The Kier molecular flexibility index (Phi) is 3.47. The first-order valence-electron chi connectivity index (χ1n) is 8.37. The van der Waals surface area contributed by atoms with E-state index in [-0.39, 0.29) is 23.8 Å². The lowest BCUT2D eigenvalue weighted by atomic mass is 9.83. The van der Waals surface area contributed by atoms with Crippen LogP contribution in [0.25, 0.3) is 0 Å². The van der Waals surface area contributed by atoms with Crippen molar-refractivity contribution in [2.45, 2.75) is 25.8 Å². The van der Waals surface area contributed by atoms with E-state index in [0.717, 1.165) is 12.0 Å². The van der Waals surface area contributed by atoms with Crippen molar-refractivity contribution in [1.82, 2.24) is 4.90 Å². The topological polar surface area (TPSA) is 46.6 Å². The molecule has 2 amide bonds. The van der Waals surface area contributed by atoms with Crippen LogP contribution < -0.4 is 0 Å². The van der Waals surface area contributed by atoms with Crippen LogP contribution in [0.3, 0.4) is 0 Å². The highest BCUT2D eigenvalue weighted by Crippen LogP contribution is 2.48. The summed E-state index contributed by atoms with van der Waals surface area (Å²) in [5.41, 5.74) is 1.12. The lowest BCUT2D eigenvalue weighted by Gasteiger charge is -2.29. The Labute approximate surface area is 136 Å². The monoisotopic (exact) mass is 311 g/mol. The molecule has 4 rings (SSSR count). The summed E-state index contributed by atoms with van der Waals surface area (Å²) >= 11 is 0. The van der Waals surface area contributed by atoms with E-state index in [2.05, 4.69) is 19.1 Å². The second-order valence-corrected chi connectivity index (χ2v) is 6.96. The number of amides is 2. The molecule has 4 nitrogen and oxygen atoms in total. The molecule has 1 saturated heterocycles. The van der Waals surface area contributed by atoms with Gasteiger partial charge in [0.2, 0.25) is 5.91 Å². The van der Waals surface area contributed by atoms with Gasteiger partial charge in [-0.05, 0) is 36.2 Å². The van der Waals surface area contributed by atoms with E-state index in [4.69, 9.17) is 4.74 Å². The van der Waals surface area contributed by atoms with Crippen LogP contribution >= 0.6 is 0 Å². The van der Waals surface area contributed by atoms with Crippen molar-refractivity contribution in [3.05, 3.63) is 48.0 Å². The number of imide groups is 1. The first-order valence-corrected chi connectivity index (χ1v) is 8.37. The third kappa shape index (κ3) is 2.37. The van der Waals surface area contributed by atoms with E-state index in [1.165, 1.54) is 4.90 Å². The molecule has 0 spiro atoms. The van der Waals surface area contributed by atoms with Gasteiger partial charge in [0, 0.05) is 5.92 Å². The zero-order valence-corrected chi connectivity index (χ0v) is 13.2. The minimum absolute atomic E-state index is 0.0437. The molecule has 3 aliphatic rings. The number of fused-ring (bicyclic) bond motifs is 2. The van der Waals surface area contributed by atoms with Crippen LogP contribution in [-0.4, -0.2) is 29.5 Å². The lowest BCUT2D eigenvalue weighted by molar-refractivity contribution is -0.135. The van der Waals surface area contributed by atoms with Crippen molar-refractivity contribution in [3.63, 3.8) is 0 Å². The second kappa shape index (κ2) is 5.52. The van der Waals surface area contributed by atoms with E-state index >= 15 is 0 Å². The van der Waals surface area contributed by atoms with Gasteiger partial charge < -0.3 is 4.74 Å². The third-order valence-corrected chi connectivity index (χ3v) is 5.65. The number of carbonyl (C=O) groups excluding carboxylic acids is 2. The maximum Gasteiger partial charge on any atom is 0.416 e. The Balaban J connectivity index is 1.54. The molecular weight excluding hydrogens is 290 g/mol. The molecule has 1 aromatic rings. The Morgan fingerprint density at radius 2 is 1.96 bits per heavy atom. The molecule has 0 aromatic heterocycles. The largest absolute Gasteiger partial charge is 0.447 e. The highest BCUT2D eigenvalue weighted by Gasteiger charge is 2.50. The summed E-state index contributed by atoms with van der Waals surface area (Å²) in [4.78, 5) is 26.6. The van der Waals surface area contributed by atoms with E-state index in [9.17, 15) is 9.59 Å². The average Bonchev–Trinajstić information content (AvgIpc) is 3.23. The molecule has 0 unspecified atom stereocenters. The first kappa shape index (κ1) is 14.5. The highest BCUT2D eigenvalue weighted by molar-refractivity contribution is 5.95. The zero-order chi connectivity index (χ0) is 16.0. The molecule has 0 N–H and O–H groups in total. The first-order chi connectivity index (χ1) is 11.1. The Bertz CT molecular complexity index is 654. The van der Waals surface area contributed by atoms with Gasteiger partial charge in [0.25, 0.3) is 0 Å². The summed E-state index contributed by atoms with van der Waals surface area (Å²) in [6.45, 7) is 2.43. The molecule has 1 aliphatic heterocycles. The molecule has 2 bridgehead atoms. The molecule has 1 aromatic carbocycles. The van der Waals surface area contributed by atoms with E-state index in [0.29, 0.717) is 24.9 Å². The van der Waals surface area contributed by atoms with Gasteiger partial charge >= 0.3 is 6.09 Å². The summed E-state index contributed by atoms with van der Waals surface area (Å²) in [5, 5.41) is 0. The number of hydrogen-bond acceptors (Lipinski definition) is 3. The van der Waals surface area contributed by atoms with Gasteiger partial charge in [-0.3, -0.25) is 4.79 Å². The molecule has 23 heavy (non-hydrogen) atoms. The van der Waals surface area contributed by atoms with Gasteiger partial charge in [-0.1, -0.05) is 49.4 Å². The number of cyclic esters (lactones) is 1.